The number of aromatic nitrogens is 4. The molecule has 2 aromatic heterocycles. The van der Waals surface area contributed by atoms with E-state index in [0.29, 0.717) is 12.2 Å². The zero-order valence-electron chi connectivity index (χ0n) is 9.16. The lowest BCUT2D eigenvalue weighted by Crippen LogP contribution is -1.92. The molecular weight excluding hydrogens is 236 g/mol. The molecule has 0 fully saturated rings. The van der Waals surface area contributed by atoms with Crippen LogP contribution in [0, 0.1) is 6.92 Å². The minimum atomic E-state index is 0.301. The van der Waals surface area contributed by atoms with Gasteiger partial charge in [0.1, 0.15) is 10.8 Å². The second kappa shape index (κ2) is 3.81. The van der Waals surface area contributed by atoms with Crippen LogP contribution >= 0.6 is 11.3 Å². The zero-order chi connectivity index (χ0) is 11.8. The Morgan fingerprint density at radius 3 is 2.88 bits per heavy atom. The van der Waals surface area contributed by atoms with Gasteiger partial charge in [0.15, 0.2) is 5.82 Å². The van der Waals surface area contributed by atoms with E-state index in [2.05, 4.69) is 15.3 Å². The Hall–Kier alpha value is -1.95. The van der Waals surface area contributed by atoms with Crippen LogP contribution in [-0.4, -0.2) is 24.9 Å². The maximum atomic E-state index is 9.69. The van der Waals surface area contributed by atoms with E-state index in [1.165, 1.54) is 11.3 Å². The number of nitrogens with zero attached hydrogens (tertiary/aromatic N) is 4. The summed E-state index contributed by atoms with van der Waals surface area (Å²) in [5.74, 6) is 1.08. The highest BCUT2D eigenvalue weighted by Crippen LogP contribution is 2.22. The third-order valence-corrected chi connectivity index (χ3v) is 3.42. The van der Waals surface area contributed by atoms with E-state index in [1.807, 2.05) is 25.1 Å². The minimum absolute atomic E-state index is 0.301. The Bertz CT molecular complexity index is 673. The fraction of sp³-hybridized carbons (Fsp3) is 0.182. The maximum Gasteiger partial charge on any atom is 0.234 e. The van der Waals surface area contributed by atoms with Crippen molar-refractivity contribution in [1.82, 2.24) is 19.8 Å². The Balaban J connectivity index is 1.97. The first-order valence-corrected chi connectivity index (χ1v) is 6.00. The predicted molar refractivity (Wildman–Crippen MR) is 64.3 cm³/mol. The topological polar surface area (TPSA) is 63.3 Å². The van der Waals surface area contributed by atoms with E-state index in [1.54, 1.807) is 10.6 Å². The Labute approximate surface area is 101 Å². The number of phenols is 1. The first-order chi connectivity index (χ1) is 8.24. The molecule has 2 heterocycles. The van der Waals surface area contributed by atoms with Crippen molar-refractivity contribution in [3.63, 3.8) is 0 Å². The second-order valence-electron chi connectivity index (χ2n) is 3.74. The van der Waals surface area contributed by atoms with Gasteiger partial charge in [-0.25, -0.2) is 0 Å². The SMILES string of the molecule is Cc1nnc2sc(Cc3ccccc3O)nn12. The van der Waals surface area contributed by atoms with Crippen LogP contribution in [0.4, 0.5) is 0 Å². The average Bonchev–Trinajstić information content (AvgIpc) is 2.85. The lowest BCUT2D eigenvalue weighted by Gasteiger charge is -2.00. The molecule has 0 saturated carbocycles. The average molecular weight is 246 g/mol. The fourth-order valence-corrected chi connectivity index (χ4v) is 2.55. The van der Waals surface area contributed by atoms with Gasteiger partial charge in [0, 0.05) is 12.0 Å². The van der Waals surface area contributed by atoms with Gasteiger partial charge < -0.3 is 5.11 Å². The summed E-state index contributed by atoms with van der Waals surface area (Å²) in [5, 5.41) is 23.0. The van der Waals surface area contributed by atoms with Gasteiger partial charge in [0.2, 0.25) is 4.96 Å². The summed E-state index contributed by atoms with van der Waals surface area (Å²) in [4.78, 5) is 0.785. The Kier molecular flexibility index (Phi) is 2.29. The molecule has 0 aliphatic rings. The number of hydrogen-bond donors (Lipinski definition) is 1. The second-order valence-corrected chi connectivity index (χ2v) is 4.78. The van der Waals surface area contributed by atoms with Gasteiger partial charge >= 0.3 is 0 Å². The van der Waals surface area contributed by atoms with Gasteiger partial charge in [-0.1, -0.05) is 29.5 Å². The monoisotopic (exact) mass is 246 g/mol. The molecule has 1 N–H and O–H groups in total. The highest BCUT2D eigenvalue weighted by Gasteiger charge is 2.10. The number of phenolic OH excluding ortho intramolecular Hbond substituents is 1. The summed E-state index contributed by atoms with van der Waals surface area (Å²) in [6, 6.07) is 7.29. The molecule has 0 amide bonds. The van der Waals surface area contributed by atoms with Crippen molar-refractivity contribution < 1.29 is 5.11 Å². The van der Waals surface area contributed by atoms with Crippen LogP contribution in [0.3, 0.4) is 0 Å². The zero-order valence-corrected chi connectivity index (χ0v) is 9.98. The molecule has 3 rings (SSSR count). The number of fused-ring (bicyclic) bond motifs is 1. The van der Waals surface area contributed by atoms with Crippen molar-refractivity contribution in [3.8, 4) is 5.75 Å². The van der Waals surface area contributed by atoms with Crippen molar-refractivity contribution in [2.24, 2.45) is 0 Å². The Morgan fingerprint density at radius 1 is 1.29 bits per heavy atom. The van der Waals surface area contributed by atoms with Crippen LogP contribution in [0.15, 0.2) is 24.3 Å². The van der Waals surface area contributed by atoms with E-state index >= 15 is 0 Å². The summed E-state index contributed by atoms with van der Waals surface area (Å²) in [5.41, 5.74) is 0.870. The van der Waals surface area contributed by atoms with Crippen LogP contribution in [0.25, 0.3) is 4.96 Å². The van der Waals surface area contributed by atoms with Gasteiger partial charge in [-0.05, 0) is 13.0 Å². The number of hydrogen-bond acceptors (Lipinski definition) is 5. The first-order valence-electron chi connectivity index (χ1n) is 5.18. The lowest BCUT2D eigenvalue weighted by atomic mass is 10.1. The molecule has 6 heteroatoms. The maximum absolute atomic E-state index is 9.69. The number of para-hydroxylation sites is 1. The van der Waals surface area contributed by atoms with Crippen LogP contribution in [0.5, 0.6) is 5.75 Å². The highest BCUT2D eigenvalue weighted by molar-refractivity contribution is 7.16. The van der Waals surface area contributed by atoms with E-state index in [0.717, 1.165) is 21.4 Å². The van der Waals surface area contributed by atoms with Crippen molar-refractivity contribution in [2.75, 3.05) is 0 Å². The summed E-state index contributed by atoms with van der Waals surface area (Å²) >= 11 is 1.49. The van der Waals surface area contributed by atoms with Crippen molar-refractivity contribution in [2.45, 2.75) is 13.3 Å². The smallest absolute Gasteiger partial charge is 0.234 e. The molecule has 17 heavy (non-hydrogen) atoms. The van der Waals surface area contributed by atoms with Crippen LogP contribution in [0.1, 0.15) is 16.4 Å². The highest BCUT2D eigenvalue weighted by atomic mass is 32.1. The van der Waals surface area contributed by atoms with Crippen molar-refractivity contribution >= 4 is 16.3 Å². The molecule has 0 spiro atoms. The summed E-state index contributed by atoms with van der Waals surface area (Å²) in [6.45, 7) is 1.86. The summed E-state index contributed by atoms with van der Waals surface area (Å²) in [7, 11) is 0. The summed E-state index contributed by atoms with van der Waals surface area (Å²) < 4.78 is 1.72. The molecule has 0 aliphatic carbocycles. The van der Waals surface area contributed by atoms with Gasteiger partial charge in [-0.3, -0.25) is 0 Å². The third kappa shape index (κ3) is 1.76. The molecule has 0 atom stereocenters. The third-order valence-electron chi connectivity index (χ3n) is 2.52. The van der Waals surface area contributed by atoms with Crippen LogP contribution in [0.2, 0.25) is 0 Å². The molecular formula is C11H10N4OS. The number of rotatable bonds is 2. The molecule has 3 aromatic rings. The summed E-state index contributed by atoms with van der Waals surface area (Å²) in [6.07, 6.45) is 0.611. The van der Waals surface area contributed by atoms with Gasteiger partial charge in [-0.2, -0.15) is 9.61 Å². The molecule has 0 unspecified atom stereocenters. The van der Waals surface area contributed by atoms with Crippen molar-refractivity contribution in [1.29, 1.82) is 0 Å². The molecule has 1 aromatic carbocycles. The van der Waals surface area contributed by atoms with E-state index in [4.69, 9.17) is 0 Å². The molecule has 0 radical (unpaired) electrons. The quantitative estimate of drug-likeness (QED) is 0.748. The normalized spacial score (nSPS) is 11.1. The van der Waals surface area contributed by atoms with E-state index in [9.17, 15) is 5.11 Å². The molecule has 0 aliphatic heterocycles. The van der Waals surface area contributed by atoms with Crippen LogP contribution in [-0.2, 0) is 6.42 Å². The number of aromatic hydroxyl groups is 1. The molecule has 86 valence electrons. The Morgan fingerprint density at radius 2 is 2.12 bits per heavy atom. The minimum Gasteiger partial charge on any atom is -0.508 e. The predicted octanol–water partition coefficient (Wildman–Crippen LogP) is 1.79. The van der Waals surface area contributed by atoms with E-state index in [-0.39, 0.29) is 0 Å². The largest absolute Gasteiger partial charge is 0.508 e. The standard InChI is InChI=1S/C11H10N4OS/c1-7-12-13-11-15(7)14-10(17-11)6-8-4-2-3-5-9(8)16/h2-5,16H,6H2,1H3. The van der Waals surface area contributed by atoms with Crippen LogP contribution < -0.4 is 0 Å². The lowest BCUT2D eigenvalue weighted by molar-refractivity contribution is 0.469. The molecule has 0 bridgehead atoms. The van der Waals surface area contributed by atoms with Gasteiger partial charge in [-0.15, -0.1) is 10.2 Å². The number of benzene rings is 1. The van der Waals surface area contributed by atoms with Gasteiger partial charge in [0.25, 0.3) is 0 Å². The molecule has 0 saturated heterocycles. The van der Waals surface area contributed by atoms with Gasteiger partial charge in [0.05, 0.1) is 0 Å². The van der Waals surface area contributed by atoms with Crippen molar-refractivity contribution in [3.05, 3.63) is 40.7 Å². The first kappa shape index (κ1) is 10.2. The van der Waals surface area contributed by atoms with E-state index < -0.39 is 0 Å². The number of aryl methyl sites for hydroxylation is 1. The molecule has 5 nitrogen and oxygen atoms in total. The fourth-order valence-electron chi connectivity index (χ4n) is 1.65.